The van der Waals surface area contributed by atoms with E-state index in [1.807, 2.05) is 30.0 Å². The number of hydrogen-bond donors (Lipinski definition) is 0. The van der Waals surface area contributed by atoms with Crippen LogP contribution in [0, 0.1) is 26.7 Å². The number of piperazine rings is 1. The molecule has 6 heteroatoms. The smallest absolute Gasteiger partial charge is 0.228 e. The summed E-state index contributed by atoms with van der Waals surface area (Å²) in [6, 6.07) is 12.2. The molecule has 2 aromatic rings. The molecule has 0 bridgehead atoms. The number of rotatable bonds is 4. The van der Waals surface area contributed by atoms with E-state index in [-0.39, 0.29) is 24.2 Å². The molecule has 0 aromatic heterocycles. The zero-order chi connectivity index (χ0) is 22.1. The molecule has 0 radical (unpaired) electrons. The fourth-order valence-electron chi connectivity index (χ4n) is 4.62. The fraction of sp³-hybridized carbons (Fsp3) is 0.440. The van der Waals surface area contributed by atoms with E-state index in [4.69, 9.17) is 4.74 Å². The normalized spacial score (nSPS) is 19.2. The van der Waals surface area contributed by atoms with Crippen molar-refractivity contribution in [1.29, 1.82) is 0 Å². The summed E-state index contributed by atoms with van der Waals surface area (Å²) in [6.07, 6.45) is 0.257. The Hall–Kier alpha value is -3.02. The molecule has 0 N–H and O–H groups in total. The van der Waals surface area contributed by atoms with Crippen LogP contribution in [0.4, 0.5) is 11.4 Å². The van der Waals surface area contributed by atoms with Crippen LogP contribution in [0.1, 0.15) is 23.1 Å². The van der Waals surface area contributed by atoms with E-state index in [0.717, 1.165) is 24.3 Å². The fourth-order valence-corrected chi connectivity index (χ4v) is 4.62. The lowest BCUT2D eigenvalue weighted by Gasteiger charge is -2.38. The number of methoxy groups -OCH3 is 1. The van der Waals surface area contributed by atoms with Crippen molar-refractivity contribution >= 4 is 23.2 Å². The van der Waals surface area contributed by atoms with Gasteiger partial charge in [-0.15, -0.1) is 0 Å². The van der Waals surface area contributed by atoms with Gasteiger partial charge in [0.2, 0.25) is 11.8 Å². The van der Waals surface area contributed by atoms with Crippen molar-refractivity contribution in [2.45, 2.75) is 27.2 Å². The van der Waals surface area contributed by atoms with Crippen molar-refractivity contribution in [3.63, 3.8) is 0 Å². The first-order chi connectivity index (χ1) is 14.9. The zero-order valence-corrected chi connectivity index (χ0v) is 18.9. The van der Waals surface area contributed by atoms with E-state index in [1.54, 1.807) is 12.0 Å². The van der Waals surface area contributed by atoms with Crippen LogP contribution in [0.15, 0.2) is 36.4 Å². The number of carbonyl (C=O) groups is 2. The Morgan fingerprint density at radius 3 is 2.45 bits per heavy atom. The monoisotopic (exact) mass is 421 g/mol. The minimum absolute atomic E-state index is 0.0173. The molecule has 2 aliphatic rings. The first kappa shape index (κ1) is 21.2. The minimum Gasteiger partial charge on any atom is -0.495 e. The van der Waals surface area contributed by atoms with Crippen molar-refractivity contribution in [2.24, 2.45) is 5.92 Å². The lowest BCUT2D eigenvalue weighted by atomic mass is 10.1. The van der Waals surface area contributed by atoms with Crippen molar-refractivity contribution < 1.29 is 14.3 Å². The molecule has 2 amide bonds. The number of benzene rings is 2. The van der Waals surface area contributed by atoms with E-state index in [9.17, 15) is 9.59 Å². The third kappa shape index (κ3) is 4.11. The molecule has 2 aliphatic heterocycles. The quantitative estimate of drug-likeness (QED) is 0.760. The molecular formula is C25H31N3O3. The van der Waals surface area contributed by atoms with E-state index >= 15 is 0 Å². The molecule has 164 valence electrons. The van der Waals surface area contributed by atoms with E-state index in [0.29, 0.717) is 25.4 Å². The van der Waals surface area contributed by atoms with Crippen LogP contribution in [-0.2, 0) is 9.59 Å². The highest BCUT2D eigenvalue weighted by Gasteiger charge is 2.39. The van der Waals surface area contributed by atoms with Gasteiger partial charge in [0, 0.05) is 44.8 Å². The van der Waals surface area contributed by atoms with E-state index in [1.165, 1.54) is 16.8 Å². The molecule has 0 saturated carbocycles. The second-order valence-corrected chi connectivity index (χ2v) is 8.61. The lowest BCUT2D eigenvalue weighted by Crippen LogP contribution is -2.51. The molecule has 2 fully saturated rings. The van der Waals surface area contributed by atoms with E-state index < -0.39 is 0 Å². The number of carbonyl (C=O) groups excluding carboxylic acids is 2. The van der Waals surface area contributed by atoms with Gasteiger partial charge < -0.3 is 19.4 Å². The standard InChI is InChI=1S/C25H31N3O3/c1-17-8-9-23(31-4)22(14-17)28-16-20(15-24(28)29)25(30)27-12-10-26(11-13-27)21-7-5-6-18(2)19(21)3/h5-9,14,20H,10-13,15-16H2,1-4H3. The number of ether oxygens (including phenoxy) is 1. The maximum atomic E-state index is 13.2. The number of nitrogens with zero attached hydrogens (tertiary/aromatic N) is 3. The van der Waals surface area contributed by atoms with Gasteiger partial charge in [-0.25, -0.2) is 0 Å². The summed E-state index contributed by atoms with van der Waals surface area (Å²) < 4.78 is 5.45. The third-order valence-electron chi connectivity index (χ3n) is 6.61. The summed E-state index contributed by atoms with van der Waals surface area (Å²) in [6.45, 7) is 9.68. The second-order valence-electron chi connectivity index (χ2n) is 8.61. The summed E-state index contributed by atoms with van der Waals surface area (Å²) in [5.41, 5.74) is 5.64. The average Bonchev–Trinajstić information content (AvgIpc) is 3.16. The van der Waals surface area contributed by atoms with Crippen LogP contribution in [0.25, 0.3) is 0 Å². The van der Waals surface area contributed by atoms with Gasteiger partial charge in [0.05, 0.1) is 18.7 Å². The van der Waals surface area contributed by atoms with Crippen LogP contribution in [0.2, 0.25) is 0 Å². The summed E-state index contributed by atoms with van der Waals surface area (Å²) >= 11 is 0. The largest absolute Gasteiger partial charge is 0.495 e. The van der Waals surface area contributed by atoms with Crippen LogP contribution in [0.3, 0.4) is 0 Å². The van der Waals surface area contributed by atoms with Gasteiger partial charge in [-0.1, -0.05) is 18.2 Å². The second kappa shape index (κ2) is 8.61. The van der Waals surface area contributed by atoms with Crippen LogP contribution in [-0.4, -0.2) is 56.5 Å². The third-order valence-corrected chi connectivity index (χ3v) is 6.61. The molecule has 6 nitrogen and oxygen atoms in total. The molecule has 1 atom stereocenters. The van der Waals surface area contributed by atoms with Crippen LogP contribution >= 0.6 is 0 Å². The molecule has 31 heavy (non-hydrogen) atoms. The van der Waals surface area contributed by atoms with Gasteiger partial charge in [0.1, 0.15) is 5.75 Å². The molecular weight excluding hydrogens is 390 g/mol. The molecule has 2 heterocycles. The van der Waals surface area contributed by atoms with Gasteiger partial charge in [0.15, 0.2) is 0 Å². The van der Waals surface area contributed by atoms with E-state index in [2.05, 4.69) is 36.9 Å². The summed E-state index contributed by atoms with van der Waals surface area (Å²) in [7, 11) is 1.60. The topological polar surface area (TPSA) is 53.1 Å². The molecule has 4 rings (SSSR count). The number of anilines is 2. The average molecular weight is 422 g/mol. The SMILES string of the molecule is COc1ccc(C)cc1N1CC(C(=O)N2CCN(c3cccc(C)c3C)CC2)CC1=O. The maximum absolute atomic E-state index is 13.2. The van der Waals surface area contributed by atoms with Crippen molar-refractivity contribution in [1.82, 2.24) is 4.90 Å². The van der Waals surface area contributed by atoms with Gasteiger partial charge in [-0.3, -0.25) is 9.59 Å². The predicted octanol–water partition coefficient (Wildman–Crippen LogP) is 3.32. The van der Waals surface area contributed by atoms with Crippen LogP contribution < -0.4 is 14.5 Å². The van der Waals surface area contributed by atoms with Crippen molar-refractivity contribution in [2.75, 3.05) is 49.6 Å². The zero-order valence-electron chi connectivity index (χ0n) is 18.9. The Morgan fingerprint density at radius 1 is 1.00 bits per heavy atom. The van der Waals surface area contributed by atoms with Gasteiger partial charge >= 0.3 is 0 Å². The molecule has 1 unspecified atom stereocenters. The first-order valence-electron chi connectivity index (χ1n) is 10.9. The predicted molar refractivity (Wildman–Crippen MR) is 123 cm³/mol. The van der Waals surface area contributed by atoms with Crippen molar-refractivity contribution in [3.05, 3.63) is 53.1 Å². The Labute approximate surface area is 184 Å². The van der Waals surface area contributed by atoms with Crippen molar-refractivity contribution in [3.8, 4) is 5.75 Å². The number of hydrogen-bond acceptors (Lipinski definition) is 4. The highest BCUT2D eigenvalue weighted by Crippen LogP contribution is 2.34. The molecule has 2 aromatic carbocycles. The minimum atomic E-state index is -0.301. The molecule has 0 spiro atoms. The Balaban J connectivity index is 1.42. The molecule has 0 aliphatic carbocycles. The van der Waals surface area contributed by atoms with Gasteiger partial charge in [-0.2, -0.15) is 0 Å². The Bertz CT molecular complexity index is 996. The Kier molecular flexibility index (Phi) is 5.90. The summed E-state index contributed by atoms with van der Waals surface area (Å²) in [5.74, 6) is 0.429. The summed E-state index contributed by atoms with van der Waals surface area (Å²) in [5, 5.41) is 0. The van der Waals surface area contributed by atoms with Crippen LogP contribution in [0.5, 0.6) is 5.75 Å². The lowest BCUT2D eigenvalue weighted by molar-refractivity contribution is -0.136. The van der Waals surface area contributed by atoms with Gasteiger partial charge in [-0.05, 0) is 55.7 Å². The number of aryl methyl sites for hydroxylation is 2. The maximum Gasteiger partial charge on any atom is 0.228 e. The molecule has 2 saturated heterocycles. The summed E-state index contributed by atoms with van der Waals surface area (Å²) in [4.78, 5) is 31.9. The highest BCUT2D eigenvalue weighted by atomic mass is 16.5. The first-order valence-corrected chi connectivity index (χ1v) is 10.9. The Morgan fingerprint density at radius 2 is 1.74 bits per heavy atom. The highest BCUT2D eigenvalue weighted by molar-refractivity contribution is 6.01. The van der Waals surface area contributed by atoms with Gasteiger partial charge in [0.25, 0.3) is 0 Å². The number of amides is 2.